The third-order valence-electron chi connectivity index (χ3n) is 5.22. The highest BCUT2D eigenvalue weighted by Crippen LogP contribution is 2.29. The van der Waals surface area contributed by atoms with E-state index in [0.29, 0.717) is 5.56 Å². The maximum absolute atomic E-state index is 14.3. The van der Waals surface area contributed by atoms with Gasteiger partial charge in [0, 0.05) is 19.0 Å². The molecule has 3 rings (SSSR count). The third kappa shape index (κ3) is 3.66. The summed E-state index contributed by atoms with van der Waals surface area (Å²) in [6.07, 6.45) is 1.37. The fourth-order valence-electron chi connectivity index (χ4n) is 3.46. The van der Waals surface area contributed by atoms with E-state index in [9.17, 15) is 28.0 Å². The van der Waals surface area contributed by atoms with Crippen molar-refractivity contribution in [2.24, 2.45) is 0 Å². The molecule has 1 fully saturated rings. The standard InChI is InChI=1S/C22H18F3N3O2/c1-3-22(11-13-4-7-15(23)8-5-13)21(30)28(2)18(20(29)27-22)10-16-14(12-26)6-9-17(24)19(16)25/h4-10H,3,11H2,1-2H3,(H,27,29). The molecule has 0 bridgehead atoms. The highest BCUT2D eigenvalue weighted by Gasteiger charge is 2.46. The Bertz CT molecular complexity index is 1090. The maximum atomic E-state index is 14.3. The van der Waals surface area contributed by atoms with Crippen molar-refractivity contribution in [3.63, 3.8) is 0 Å². The SMILES string of the molecule is CCC1(Cc2ccc(F)cc2)NC(=O)C(=Cc2c(C#N)ccc(F)c2F)N(C)C1=O. The van der Waals surface area contributed by atoms with Crippen molar-refractivity contribution in [2.75, 3.05) is 7.05 Å². The highest BCUT2D eigenvalue weighted by atomic mass is 19.2. The molecule has 1 aliphatic heterocycles. The van der Waals surface area contributed by atoms with Gasteiger partial charge in [-0.05, 0) is 42.3 Å². The second-order valence-corrected chi connectivity index (χ2v) is 7.02. The van der Waals surface area contributed by atoms with Gasteiger partial charge in [-0.3, -0.25) is 9.59 Å². The largest absolute Gasteiger partial charge is 0.336 e. The van der Waals surface area contributed by atoms with Crippen molar-refractivity contribution in [3.05, 3.63) is 76.2 Å². The minimum Gasteiger partial charge on any atom is -0.336 e. The first-order valence-corrected chi connectivity index (χ1v) is 9.17. The summed E-state index contributed by atoms with van der Waals surface area (Å²) in [6, 6.07) is 9.23. The van der Waals surface area contributed by atoms with E-state index in [1.165, 1.54) is 31.3 Å². The Morgan fingerprint density at radius 3 is 2.40 bits per heavy atom. The Morgan fingerprint density at radius 1 is 1.13 bits per heavy atom. The van der Waals surface area contributed by atoms with Crippen LogP contribution in [0.25, 0.3) is 6.08 Å². The van der Waals surface area contributed by atoms with Crippen molar-refractivity contribution in [2.45, 2.75) is 25.3 Å². The molecule has 0 aromatic heterocycles. The Balaban J connectivity index is 2.01. The molecule has 1 N–H and O–H groups in total. The second kappa shape index (κ2) is 8.03. The van der Waals surface area contributed by atoms with Gasteiger partial charge in [0.2, 0.25) is 0 Å². The molecule has 2 aromatic rings. The first kappa shape index (κ1) is 21.1. The van der Waals surface area contributed by atoms with Gasteiger partial charge in [0.15, 0.2) is 11.6 Å². The number of nitrogens with one attached hydrogen (secondary N) is 1. The highest BCUT2D eigenvalue weighted by molar-refractivity contribution is 6.09. The van der Waals surface area contributed by atoms with Crippen LogP contribution < -0.4 is 5.32 Å². The second-order valence-electron chi connectivity index (χ2n) is 7.02. The average Bonchev–Trinajstić information content (AvgIpc) is 2.73. The molecule has 154 valence electrons. The van der Waals surface area contributed by atoms with Crippen LogP contribution >= 0.6 is 0 Å². The number of halogens is 3. The van der Waals surface area contributed by atoms with E-state index in [-0.39, 0.29) is 24.1 Å². The summed E-state index contributed by atoms with van der Waals surface area (Å²) in [4.78, 5) is 27.1. The molecule has 0 radical (unpaired) electrons. The number of carbonyl (C=O) groups excluding carboxylic acids is 2. The van der Waals surface area contributed by atoms with Crippen molar-refractivity contribution in [1.29, 1.82) is 5.26 Å². The Morgan fingerprint density at radius 2 is 1.80 bits per heavy atom. The van der Waals surface area contributed by atoms with Gasteiger partial charge < -0.3 is 10.2 Å². The molecule has 2 aromatic carbocycles. The first-order chi connectivity index (χ1) is 14.2. The fraction of sp³-hybridized carbons (Fsp3) is 0.227. The van der Waals surface area contributed by atoms with E-state index in [1.54, 1.807) is 13.0 Å². The molecule has 0 saturated carbocycles. The average molecular weight is 413 g/mol. The Hall–Kier alpha value is -3.60. The topological polar surface area (TPSA) is 73.2 Å². The maximum Gasteiger partial charge on any atom is 0.268 e. The molecular formula is C22H18F3N3O2. The van der Waals surface area contributed by atoms with Crippen molar-refractivity contribution in [3.8, 4) is 6.07 Å². The molecule has 5 nitrogen and oxygen atoms in total. The molecule has 1 atom stereocenters. The van der Waals surface area contributed by atoms with Crippen LogP contribution in [0.15, 0.2) is 42.1 Å². The first-order valence-electron chi connectivity index (χ1n) is 9.17. The summed E-state index contributed by atoms with van der Waals surface area (Å²) in [5.74, 6) is -4.01. The molecule has 1 unspecified atom stereocenters. The predicted octanol–water partition coefficient (Wildman–Crippen LogP) is 3.30. The summed E-state index contributed by atoms with van der Waals surface area (Å²) < 4.78 is 41.1. The van der Waals surface area contributed by atoms with Gasteiger partial charge in [-0.15, -0.1) is 0 Å². The summed E-state index contributed by atoms with van der Waals surface area (Å²) in [5.41, 5.74) is -1.43. The number of piperazine rings is 1. The van der Waals surface area contributed by atoms with Gasteiger partial charge in [0.05, 0.1) is 11.6 Å². The van der Waals surface area contributed by atoms with Crippen molar-refractivity contribution < 1.29 is 22.8 Å². The molecule has 0 aliphatic carbocycles. The van der Waals surface area contributed by atoms with Crippen LogP contribution in [-0.4, -0.2) is 29.3 Å². The lowest BCUT2D eigenvalue weighted by Crippen LogP contribution is -2.65. The summed E-state index contributed by atoms with van der Waals surface area (Å²) in [6.45, 7) is 1.73. The van der Waals surface area contributed by atoms with Crippen molar-refractivity contribution in [1.82, 2.24) is 10.2 Å². The van der Waals surface area contributed by atoms with Gasteiger partial charge in [-0.25, -0.2) is 13.2 Å². The Kier molecular flexibility index (Phi) is 5.65. The quantitative estimate of drug-likeness (QED) is 0.782. The summed E-state index contributed by atoms with van der Waals surface area (Å²) >= 11 is 0. The van der Waals surface area contributed by atoms with Crippen LogP contribution in [0.2, 0.25) is 0 Å². The molecule has 30 heavy (non-hydrogen) atoms. The van der Waals surface area contributed by atoms with Gasteiger partial charge in [0.25, 0.3) is 11.8 Å². The van der Waals surface area contributed by atoms with Crippen LogP contribution in [0.3, 0.4) is 0 Å². The number of hydrogen-bond acceptors (Lipinski definition) is 3. The minimum absolute atomic E-state index is 0.129. The zero-order valence-corrected chi connectivity index (χ0v) is 16.3. The lowest BCUT2D eigenvalue weighted by molar-refractivity contribution is -0.144. The normalized spacial score (nSPS) is 20.3. The monoisotopic (exact) mass is 413 g/mol. The zero-order chi connectivity index (χ0) is 22.1. The van der Waals surface area contributed by atoms with Crippen LogP contribution in [0.4, 0.5) is 13.2 Å². The molecule has 1 heterocycles. The molecule has 1 aliphatic rings. The van der Waals surface area contributed by atoms with Gasteiger partial charge in [-0.2, -0.15) is 5.26 Å². The molecule has 1 saturated heterocycles. The lowest BCUT2D eigenvalue weighted by Gasteiger charge is -2.41. The fourth-order valence-corrected chi connectivity index (χ4v) is 3.46. The van der Waals surface area contributed by atoms with Gasteiger partial charge in [0.1, 0.15) is 17.1 Å². The number of carbonyl (C=O) groups is 2. The number of benzene rings is 2. The van der Waals surface area contributed by atoms with Crippen LogP contribution in [0.5, 0.6) is 0 Å². The van der Waals surface area contributed by atoms with Gasteiger partial charge >= 0.3 is 0 Å². The van der Waals surface area contributed by atoms with Crippen molar-refractivity contribution >= 4 is 17.9 Å². The van der Waals surface area contributed by atoms with Crippen LogP contribution in [-0.2, 0) is 16.0 Å². The van der Waals surface area contributed by atoms with Crippen LogP contribution in [0.1, 0.15) is 30.0 Å². The number of hydrogen-bond donors (Lipinski definition) is 1. The number of likely N-dealkylation sites (N-methyl/N-ethyl adjacent to an activating group) is 1. The molecular weight excluding hydrogens is 395 g/mol. The molecule has 0 spiro atoms. The molecule has 2 amide bonds. The predicted molar refractivity (Wildman–Crippen MR) is 103 cm³/mol. The van der Waals surface area contributed by atoms with E-state index in [0.717, 1.165) is 23.1 Å². The van der Waals surface area contributed by atoms with E-state index in [4.69, 9.17) is 0 Å². The third-order valence-corrected chi connectivity index (χ3v) is 5.22. The smallest absolute Gasteiger partial charge is 0.268 e. The number of rotatable bonds is 4. The zero-order valence-electron chi connectivity index (χ0n) is 16.3. The number of nitrogens with zero attached hydrogens (tertiary/aromatic N) is 2. The summed E-state index contributed by atoms with van der Waals surface area (Å²) in [7, 11) is 1.35. The molecule has 8 heteroatoms. The van der Waals surface area contributed by atoms with Crippen LogP contribution in [0, 0.1) is 28.8 Å². The Labute approximate surface area is 171 Å². The summed E-state index contributed by atoms with van der Waals surface area (Å²) in [5, 5.41) is 11.8. The number of nitriles is 1. The van der Waals surface area contributed by atoms with E-state index < -0.39 is 40.4 Å². The van der Waals surface area contributed by atoms with E-state index in [2.05, 4.69) is 5.32 Å². The van der Waals surface area contributed by atoms with E-state index >= 15 is 0 Å². The van der Waals surface area contributed by atoms with E-state index in [1.807, 2.05) is 0 Å². The number of amides is 2. The van der Waals surface area contributed by atoms with Gasteiger partial charge in [-0.1, -0.05) is 19.1 Å². The lowest BCUT2D eigenvalue weighted by atomic mass is 9.84. The minimum atomic E-state index is -1.28.